The number of aryl methyl sites for hydroxylation is 1. The molecule has 1 heterocycles. The number of likely N-dealkylation sites (N-methyl/N-ethyl adjacent to an activating group) is 1. The standard InChI is InChI=1S/C13H15BrClNO4S/c1-8-5-9(6-11(12(8)14)21(15,18)19)13(17)16(2)10-3-4-20-7-10/h5-6,10H,3-4,7H2,1-2H3. The largest absolute Gasteiger partial charge is 0.379 e. The molecule has 0 bridgehead atoms. The quantitative estimate of drug-likeness (QED) is 0.737. The van der Waals surface area contributed by atoms with Gasteiger partial charge < -0.3 is 9.64 Å². The van der Waals surface area contributed by atoms with Gasteiger partial charge in [-0.1, -0.05) is 0 Å². The molecule has 0 aliphatic carbocycles. The lowest BCUT2D eigenvalue weighted by atomic mass is 10.1. The van der Waals surface area contributed by atoms with Gasteiger partial charge in [0.05, 0.1) is 17.5 Å². The summed E-state index contributed by atoms with van der Waals surface area (Å²) in [4.78, 5) is 14.0. The van der Waals surface area contributed by atoms with Gasteiger partial charge in [0.1, 0.15) is 0 Å². The second kappa shape index (κ2) is 6.24. The summed E-state index contributed by atoms with van der Waals surface area (Å²) in [7, 11) is 3.18. The molecule has 116 valence electrons. The highest BCUT2D eigenvalue weighted by atomic mass is 79.9. The van der Waals surface area contributed by atoms with Gasteiger partial charge >= 0.3 is 0 Å². The maximum atomic E-state index is 12.5. The van der Waals surface area contributed by atoms with Crippen LogP contribution in [0.15, 0.2) is 21.5 Å². The number of benzene rings is 1. The van der Waals surface area contributed by atoms with E-state index in [0.717, 1.165) is 6.42 Å². The van der Waals surface area contributed by atoms with Crippen LogP contribution in [-0.2, 0) is 13.8 Å². The van der Waals surface area contributed by atoms with Gasteiger partial charge in [-0.2, -0.15) is 0 Å². The molecule has 1 aliphatic heterocycles. The smallest absolute Gasteiger partial charge is 0.262 e. The normalized spacial score (nSPS) is 18.8. The number of carbonyl (C=O) groups excluding carboxylic acids is 1. The molecule has 0 radical (unpaired) electrons. The molecule has 1 amide bonds. The molecule has 1 saturated heterocycles. The fraction of sp³-hybridized carbons (Fsp3) is 0.462. The zero-order valence-corrected chi connectivity index (χ0v) is 14.8. The lowest BCUT2D eigenvalue weighted by Gasteiger charge is -2.23. The van der Waals surface area contributed by atoms with Crippen molar-refractivity contribution in [1.82, 2.24) is 4.90 Å². The van der Waals surface area contributed by atoms with E-state index < -0.39 is 9.05 Å². The maximum absolute atomic E-state index is 12.5. The zero-order valence-electron chi connectivity index (χ0n) is 11.6. The highest BCUT2D eigenvalue weighted by Gasteiger charge is 2.27. The number of ether oxygens (including phenoxy) is 1. The van der Waals surface area contributed by atoms with E-state index >= 15 is 0 Å². The van der Waals surface area contributed by atoms with Gasteiger partial charge in [0.2, 0.25) is 0 Å². The van der Waals surface area contributed by atoms with E-state index in [1.807, 2.05) is 0 Å². The summed E-state index contributed by atoms with van der Waals surface area (Å²) in [5, 5.41) is 0. The number of rotatable bonds is 3. The summed E-state index contributed by atoms with van der Waals surface area (Å²) >= 11 is 3.19. The van der Waals surface area contributed by atoms with Crippen LogP contribution in [-0.4, -0.2) is 45.5 Å². The molecular weight excluding hydrogens is 382 g/mol. The fourth-order valence-electron chi connectivity index (χ4n) is 2.24. The molecule has 1 atom stereocenters. The van der Waals surface area contributed by atoms with Crippen molar-refractivity contribution in [2.24, 2.45) is 0 Å². The van der Waals surface area contributed by atoms with Crippen molar-refractivity contribution in [2.45, 2.75) is 24.3 Å². The van der Waals surface area contributed by atoms with Crippen LogP contribution in [0.1, 0.15) is 22.3 Å². The van der Waals surface area contributed by atoms with Crippen molar-refractivity contribution in [3.63, 3.8) is 0 Å². The van der Waals surface area contributed by atoms with Gasteiger partial charge in [-0.05, 0) is 47.0 Å². The van der Waals surface area contributed by atoms with Gasteiger partial charge in [-0.3, -0.25) is 4.79 Å². The molecule has 0 spiro atoms. The number of amides is 1. The highest BCUT2D eigenvalue weighted by molar-refractivity contribution is 9.10. The SMILES string of the molecule is Cc1cc(C(=O)N(C)C2CCOC2)cc(S(=O)(=O)Cl)c1Br. The first kappa shape index (κ1) is 16.7. The fourth-order valence-corrected chi connectivity index (χ4v) is 4.39. The average molecular weight is 397 g/mol. The molecule has 0 N–H and O–H groups in total. The topological polar surface area (TPSA) is 63.7 Å². The molecule has 1 aromatic rings. The second-order valence-electron chi connectivity index (χ2n) is 4.98. The molecule has 5 nitrogen and oxygen atoms in total. The predicted octanol–water partition coefficient (Wildman–Crippen LogP) is 2.55. The number of hydrogen-bond acceptors (Lipinski definition) is 4. The molecule has 1 aliphatic rings. The van der Waals surface area contributed by atoms with E-state index in [9.17, 15) is 13.2 Å². The van der Waals surface area contributed by atoms with Gasteiger partial charge in [0, 0.05) is 34.4 Å². The molecule has 1 fully saturated rings. The van der Waals surface area contributed by atoms with Crippen LogP contribution < -0.4 is 0 Å². The Labute approximate surface area is 136 Å². The molecule has 21 heavy (non-hydrogen) atoms. The summed E-state index contributed by atoms with van der Waals surface area (Å²) in [5.41, 5.74) is 0.931. The van der Waals surface area contributed by atoms with E-state index in [1.54, 1.807) is 24.9 Å². The van der Waals surface area contributed by atoms with E-state index in [-0.39, 0.29) is 16.8 Å². The van der Waals surface area contributed by atoms with Crippen LogP contribution in [0.25, 0.3) is 0 Å². The highest BCUT2D eigenvalue weighted by Crippen LogP contribution is 2.30. The Morgan fingerprint density at radius 1 is 1.48 bits per heavy atom. The Hall–Kier alpha value is -0.630. The third-order valence-corrected chi connectivity index (χ3v) is 6.17. The molecule has 2 rings (SSSR count). The zero-order chi connectivity index (χ0) is 15.8. The van der Waals surface area contributed by atoms with Crippen molar-refractivity contribution in [3.8, 4) is 0 Å². The lowest BCUT2D eigenvalue weighted by Crippen LogP contribution is -2.37. The lowest BCUT2D eigenvalue weighted by molar-refractivity contribution is 0.0711. The molecule has 8 heteroatoms. The summed E-state index contributed by atoms with van der Waals surface area (Å²) in [6.45, 7) is 2.84. The Morgan fingerprint density at radius 3 is 2.67 bits per heavy atom. The van der Waals surface area contributed by atoms with Crippen molar-refractivity contribution < 1.29 is 17.9 Å². The van der Waals surface area contributed by atoms with E-state index in [1.165, 1.54) is 6.07 Å². The average Bonchev–Trinajstić information content (AvgIpc) is 2.92. The van der Waals surface area contributed by atoms with Crippen LogP contribution in [0.5, 0.6) is 0 Å². The molecular formula is C13H15BrClNO4S. The van der Waals surface area contributed by atoms with Crippen LogP contribution in [0.2, 0.25) is 0 Å². The minimum atomic E-state index is -3.93. The van der Waals surface area contributed by atoms with Crippen LogP contribution in [0, 0.1) is 6.92 Å². The molecule has 1 aromatic carbocycles. The van der Waals surface area contributed by atoms with Gasteiger partial charge in [0.15, 0.2) is 0 Å². The Bertz CT molecular complexity index is 671. The number of nitrogens with zero attached hydrogens (tertiary/aromatic N) is 1. The van der Waals surface area contributed by atoms with Gasteiger partial charge in [-0.15, -0.1) is 0 Å². The van der Waals surface area contributed by atoms with Crippen molar-refractivity contribution in [1.29, 1.82) is 0 Å². The summed E-state index contributed by atoms with van der Waals surface area (Å²) < 4.78 is 28.8. The van der Waals surface area contributed by atoms with Crippen LogP contribution in [0.3, 0.4) is 0 Å². The Kier molecular flexibility index (Phi) is 4.97. The summed E-state index contributed by atoms with van der Waals surface area (Å²) in [6, 6.07) is 2.95. The molecule has 0 saturated carbocycles. The molecule has 1 unspecified atom stereocenters. The summed E-state index contributed by atoms with van der Waals surface area (Å²) in [5.74, 6) is -0.248. The van der Waals surface area contributed by atoms with Crippen LogP contribution >= 0.6 is 26.6 Å². The third kappa shape index (κ3) is 3.59. The van der Waals surface area contributed by atoms with Crippen molar-refractivity contribution in [2.75, 3.05) is 20.3 Å². The minimum Gasteiger partial charge on any atom is -0.379 e. The van der Waals surface area contributed by atoms with E-state index in [2.05, 4.69) is 15.9 Å². The monoisotopic (exact) mass is 395 g/mol. The minimum absolute atomic E-state index is 0.0116. The van der Waals surface area contributed by atoms with Crippen LogP contribution in [0.4, 0.5) is 0 Å². The molecule has 0 aromatic heterocycles. The number of halogens is 2. The van der Waals surface area contributed by atoms with Gasteiger partial charge in [0.25, 0.3) is 15.0 Å². The summed E-state index contributed by atoms with van der Waals surface area (Å²) in [6.07, 6.45) is 0.776. The van der Waals surface area contributed by atoms with Crippen molar-refractivity contribution >= 4 is 41.6 Å². The van der Waals surface area contributed by atoms with E-state index in [4.69, 9.17) is 15.4 Å². The second-order valence-corrected chi connectivity index (χ2v) is 8.30. The maximum Gasteiger partial charge on any atom is 0.262 e. The van der Waals surface area contributed by atoms with Gasteiger partial charge in [-0.25, -0.2) is 8.42 Å². The third-order valence-electron chi connectivity index (χ3n) is 3.50. The van der Waals surface area contributed by atoms with Crippen molar-refractivity contribution in [3.05, 3.63) is 27.7 Å². The first-order valence-corrected chi connectivity index (χ1v) is 9.41. The predicted molar refractivity (Wildman–Crippen MR) is 83.2 cm³/mol. The number of hydrogen-bond donors (Lipinski definition) is 0. The first-order chi connectivity index (χ1) is 9.71. The van der Waals surface area contributed by atoms with E-state index in [0.29, 0.717) is 28.8 Å². The number of carbonyl (C=O) groups is 1. The Balaban J connectivity index is 2.40. The first-order valence-electron chi connectivity index (χ1n) is 6.31. The Morgan fingerprint density at radius 2 is 2.14 bits per heavy atom.